The Bertz CT molecular complexity index is 1160. The number of phenolic OH excluding ortho intramolecular Hbond substituents is 1. The molecular weight excluding hydrogens is 494 g/mol. The molecule has 2 rings (SSSR count). The molecule has 39 heavy (non-hydrogen) atoms. The maximum Gasteiger partial charge on any atom is 0.408 e. The zero-order valence-corrected chi connectivity index (χ0v) is 25.0. The summed E-state index contributed by atoms with van der Waals surface area (Å²) in [4.78, 5) is 42.6. The quantitative estimate of drug-likeness (QED) is 0.367. The molecule has 0 spiro atoms. The Morgan fingerprint density at radius 2 is 1.51 bits per heavy atom. The smallest absolute Gasteiger partial charge is 0.408 e. The van der Waals surface area contributed by atoms with Gasteiger partial charge in [0.25, 0.3) is 5.91 Å². The lowest BCUT2D eigenvalue weighted by atomic mass is 9.93. The van der Waals surface area contributed by atoms with Crippen LogP contribution in [-0.4, -0.2) is 45.1 Å². The third-order valence-corrected chi connectivity index (χ3v) is 6.08. The van der Waals surface area contributed by atoms with Crippen molar-refractivity contribution in [3.8, 4) is 5.75 Å². The van der Waals surface area contributed by atoms with Crippen LogP contribution in [0.25, 0.3) is 0 Å². The number of carbonyl (C=O) groups is 3. The topological polar surface area (TPSA) is 108 Å². The predicted octanol–water partition coefficient (Wildman–Crippen LogP) is 6.26. The zero-order valence-electron chi connectivity index (χ0n) is 25.0. The number of aromatic hydroxyl groups is 1. The Balaban J connectivity index is 2.63. The van der Waals surface area contributed by atoms with Gasteiger partial charge in [0.1, 0.15) is 23.4 Å². The van der Waals surface area contributed by atoms with Crippen LogP contribution >= 0.6 is 0 Å². The number of rotatable bonds is 8. The van der Waals surface area contributed by atoms with E-state index in [2.05, 4.69) is 10.6 Å². The van der Waals surface area contributed by atoms with Crippen molar-refractivity contribution < 1.29 is 24.2 Å². The van der Waals surface area contributed by atoms with Gasteiger partial charge in [0, 0.05) is 11.2 Å². The second-order valence-corrected chi connectivity index (χ2v) is 12.5. The van der Waals surface area contributed by atoms with E-state index in [0.717, 1.165) is 11.1 Å². The molecule has 2 aromatic rings. The van der Waals surface area contributed by atoms with Crippen LogP contribution in [0.1, 0.15) is 84.5 Å². The molecule has 0 aliphatic carbocycles. The van der Waals surface area contributed by atoms with E-state index in [1.807, 2.05) is 66.7 Å². The minimum Gasteiger partial charge on any atom is -0.508 e. The van der Waals surface area contributed by atoms with Crippen LogP contribution in [0.15, 0.2) is 42.5 Å². The van der Waals surface area contributed by atoms with Crippen LogP contribution in [-0.2, 0) is 14.3 Å². The molecule has 0 fully saturated rings. The molecule has 0 heterocycles. The Hall–Kier alpha value is -3.55. The van der Waals surface area contributed by atoms with Gasteiger partial charge in [-0.1, -0.05) is 44.2 Å². The molecule has 0 saturated carbocycles. The highest BCUT2D eigenvalue weighted by atomic mass is 16.6. The van der Waals surface area contributed by atoms with Crippen LogP contribution in [0, 0.1) is 19.8 Å². The summed E-state index contributed by atoms with van der Waals surface area (Å²) in [5, 5.41) is 16.1. The van der Waals surface area contributed by atoms with Crippen LogP contribution in [0.4, 0.5) is 10.5 Å². The van der Waals surface area contributed by atoms with Gasteiger partial charge >= 0.3 is 6.09 Å². The van der Waals surface area contributed by atoms with Crippen LogP contribution < -0.4 is 10.6 Å². The first-order valence-electron chi connectivity index (χ1n) is 13.4. The fourth-order valence-electron chi connectivity index (χ4n) is 4.47. The number of nitrogens with zero attached hydrogens (tertiary/aromatic N) is 1. The SMILES string of the molecule is Cc1cccc(C)c1NC(=O)C(c1cccc(O)c1)N(C(=O)C(CC(C)C)NC(=O)OC(C)(C)C)C(C)(C)C. The van der Waals surface area contributed by atoms with Crippen molar-refractivity contribution in [2.45, 2.75) is 98.9 Å². The molecule has 8 heteroatoms. The minimum atomic E-state index is -1.10. The molecule has 8 nitrogen and oxygen atoms in total. The fourth-order valence-corrected chi connectivity index (χ4v) is 4.47. The summed E-state index contributed by atoms with van der Waals surface area (Å²) >= 11 is 0. The van der Waals surface area contributed by atoms with Gasteiger partial charge in [-0.05, 0) is 96.6 Å². The molecule has 0 aliphatic heterocycles. The van der Waals surface area contributed by atoms with E-state index in [0.29, 0.717) is 17.7 Å². The van der Waals surface area contributed by atoms with Gasteiger partial charge in [0.2, 0.25) is 5.91 Å². The highest BCUT2D eigenvalue weighted by molar-refractivity contribution is 6.00. The first kappa shape index (κ1) is 31.7. The Labute approximate surface area is 233 Å². The van der Waals surface area contributed by atoms with Crippen molar-refractivity contribution in [2.75, 3.05) is 5.32 Å². The van der Waals surface area contributed by atoms with E-state index in [-0.39, 0.29) is 11.7 Å². The van der Waals surface area contributed by atoms with E-state index in [1.54, 1.807) is 32.9 Å². The maximum atomic E-state index is 14.3. The average molecular weight is 540 g/mol. The standard InChI is InChI=1S/C31H45N3O5/c1-19(2)17-24(32-29(38)39-31(8,9)10)28(37)34(30(5,6)7)26(22-15-12-16-23(35)18-22)27(36)33-25-20(3)13-11-14-21(25)4/h11-16,18-19,24,26,35H,17H2,1-10H3,(H,32,38)(H,33,36). The van der Waals surface area contributed by atoms with Crippen LogP contribution in [0.5, 0.6) is 5.75 Å². The van der Waals surface area contributed by atoms with E-state index in [1.165, 1.54) is 17.0 Å². The van der Waals surface area contributed by atoms with Crippen molar-refractivity contribution in [1.29, 1.82) is 0 Å². The summed E-state index contributed by atoms with van der Waals surface area (Å²) in [6.45, 7) is 18.5. The van der Waals surface area contributed by atoms with Gasteiger partial charge in [0.15, 0.2) is 0 Å². The van der Waals surface area contributed by atoms with Crippen molar-refractivity contribution in [3.05, 3.63) is 59.2 Å². The average Bonchev–Trinajstić information content (AvgIpc) is 2.76. The van der Waals surface area contributed by atoms with Crippen LogP contribution in [0.2, 0.25) is 0 Å². The number of carbonyl (C=O) groups excluding carboxylic acids is 3. The predicted molar refractivity (Wildman–Crippen MR) is 155 cm³/mol. The first-order valence-corrected chi connectivity index (χ1v) is 13.4. The number of amides is 3. The lowest BCUT2D eigenvalue weighted by Crippen LogP contribution is -2.58. The number of phenols is 1. The van der Waals surface area contributed by atoms with E-state index in [9.17, 15) is 19.5 Å². The molecule has 2 aromatic carbocycles. The fraction of sp³-hybridized carbons (Fsp3) is 0.516. The lowest BCUT2D eigenvalue weighted by molar-refractivity contribution is -0.147. The number of hydrogen-bond acceptors (Lipinski definition) is 5. The number of para-hydroxylation sites is 1. The summed E-state index contributed by atoms with van der Waals surface area (Å²) in [5.74, 6) is -0.809. The summed E-state index contributed by atoms with van der Waals surface area (Å²) in [6.07, 6.45) is -0.361. The van der Waals surface area contributed by atoms with Crippen molar-refractivity contribution in [2.24, 2.45) is 5.92 Å². The van der Waals surface area contributed by atoms with Gasteiger partial charge in [-0.15, -0.1) is 0 Å². The summed E-state index contributed by atoms with van der Waals surface area (Å²) in [7, 11) is 0. The number of alkyl carbamates (subject to hydrolysis) is 1. The summed E-state index contributed by atoms with van der Waals surface area (Å²) in [6, 6.07) is 10.0. The van der Waals surface area contributed by atoms with Gasteiger partial charge < -0.3 is 25.4 Å². The van der Waals surface area contributed by atoms with Crippen LogP contribution in [0.3, 0.4) is 0 Å². The molecular formula is C31H45N3O5. The number of benzene rings is 2. The molecule has 0 aromatic heterocycles. The number of hydrogen-bond donors (Lipinski definition) is 3. The molecule has 0 bridgehead atoms. The molecule has 0 aliphatic rings. The van der Waals surface area contributed by atoms with E-state index in [4.69, 9.17) is 4.74 Å². The molecule has 0 saturated heterocycles. The second-order valence-electron chi connectivity index (χ2n) is 12.5. The molecule has 3 amide bonds. The second kappa shape index (κ2) is 12.5. The lowest BCUT2D eigenvalue weighted by Gasteiger charge is -2.43. The van der Waals surface area contributed by atoms with Crippen molar-refractivity contribution in [1.82, 2.24) is 10.2 Å². The summed E-state index contributed by atoms with van der Waals surface area (Å²) in [5.41, 5.74) is 1.30. The monoisotopic (exact) mass is 539 g/mol. The highest BCUT2D eigenvalue weighted by Crippen LogP contribution is 2.33. The number of nitrogens with one attached hydrogen (secondary N) is 2. The third kappa shape index (κ3) is 9.01. The number of aryl methyl sites for hydroxylation is 2. The molecule has 2 atom stereocenters. The van der Waals surface area contributed by atoms with E-state index < -0.39 is 41.1 Å². The highest BCUT2D eigenvalue weighted by Gasteiger charge is 2.42. The van der Waals surface area contributed by atoms with Gasteiger partial charge in [-0.3, -0.25) is 9.59 Å². The molecule has 214 valence electrons. The van der Waals surface area contributed by atoms with Crippen molar-refractivity contribution in [3.63, 3.8) is 0 Å². The number of anilines is 1. The van der Waals surface area contributed by atoms with E-state index >= 15 is 0 Å². The maximum absolute atomic E-state index is 14.3. The minimum absolute atomic E-state index is 0.0238. The Morgan fingerprint density at radius 1 is 0.949 bits per heavy atom. The van der Waals surface area contributed by atoms with Gasteiger partial charge in [0.05, 0.1) is 0 Å². The summed E-state index contributed by atoms with van der Waals surface area (Å²) < 4.78 is 5.45. The normalized spacial score (nSPS) is 13.4. The molecule has 3 N–H and O–H groups in total. The Kier molecular flexibility index (Phi) is 10.2. The molecule has 0 radical (unpaired) electrons. The van der Waals surface area contributed by atoms with Gasteiger partial charge in [-0.2, -0.15) is 0 Å². The largest absolute Gasteiger partial charge is 0.508 e. The number of ether oxygens (including phenoxy) is 1. The molecule has 2 unspecified atom stereocenters. The third-order valence-electron chi connectivity index (χ3n) is 6.08. The zero-order chi connectivity index (χ0) is 29.7. The first-order chi connectivity index (χ1) is 17.9. The van der Waals surface area contributed by atoms with Gasteiger partial charge in [-0.25, -0.2) is 4.79 Å². The van der Waals surface area contributed by atoms with Crippen molar-refractivity contribution >= 4 is 23.6 Å². The Morgan fingerprint density at radius 3 is 2.00 bits per heavy atom.